The van der Waals surface area contributed by atoms with Gasteiger partial charge in [0.1, 0.15) is 0 Å². The number of hydrogen-bond donors (Lipinski definition) is 0. The molecule has 0 fully saturated rings. The first-order chi connectivity index (χ1) is 9.54. The number of rotatable bonds is 5. The molecule has 5 heteroatoms. The van der Waals surface area contributed by atoms with Gasteiger partial charge in [0.05, 0.1) is 4.90 Å². The first kappa shape index (κ1) is 15.2. The summed E-state index contributed by atoms with van der Waals surface area (Å²) in [5.41, 5.74) is 0.982. The van der Waals surface area contributed by atoms with E-state index < -0.39 is 10.0 Å². The van der Waals surface area contributed by atoms with E-state index in [-0.39, 0.29) is 0 Å². The second-order valence-electron chi connectivity index (χ2n) is 4.37. The van der Waals surface area contributed by atoms with Crippen LogP contribution in [0.1, 0.15) is 12.5 Å². The van der Waals surface area contributed by atoms with Crippen molar-refractivity contribution in [3.05, 3.63) is 64.6 Å². The Morgan fingerprint density at radius 2 is 1.60 bits per heavy atom. The largest absolute Gasteiger partial charge is 0.243 e. The Bertz CT molecular complexity index is 654. The van der Waals surface area contributed by atoms with E-state index in [0.717, 1.165) is 10.0 Å². The van der Waals surface area contributed by atoms with Crippen molar-refractivity contribution in [1.29, 1.82) is 0 Å². The molecule has 0 saturated carbocycles. The molecule has 0 spiro atoms. The molecule has 0 amide bonds. The summed E-state index contributed by atoms with van der Waals surface area (Å²) in [6, 6.07) is 16.3. The summed E-state index contributed by atoms with van der Waals surface area (Å²) in [5.74, 6) is 0. The minimum atomic E-state index is -3.45. The SMILES string of the molecule is CCN(Cc1ccccc1)S(=O)(=O)c1ccc(Br)cc1. The van der Waals surface area contributed by atoms with Crippen molar-refractivity contribution >= 4 is 26.0 Å². The Balaban J connectivity index is 2.28. The molecule has 0 radical (unpaired) electrons. The van der Waals surface area contributed by atoms with Crippen LogP contribution < -0.4 is 0 Å². The molecule has 0 bridgehead atoms. The highest BCUT2D eigenvalue weighted by atomic mass is 79.9. The van der Waals surface area contributed by atoms with Crippen LogP contribution in [0, 0.1) is 0 Å². The average molecular weight is 354 g/mol. The number of nitrogens with zero attached hydrogens (tertiary/aromatic N) is 1. The smallest absolute Gasteiger partial charge is 0.207 e. The van der Waals surface area contributed by atoms with E-state index in [1.807, 2.05) is 37.3 Å². The maximum Gasteiger partial charge on any atom is 0.243 e. The maximum atomic E-state index is 12.6. The van der Waals surface area contributed by atoms with E-state index in [1.165, 1.54) is 4.31 Å². The fourth-order valence-corrected chi connectivity index (χ4v) is 3.61. The third-order valence-electron chi connectivity index (χ3n) is 3.01. The molecular weight excluding hydrogens is 338 g/mol. The lowest BCUT2D eigenvalue weighted by molar-refractivity contribution is 0.423. The lowest BCUT2D eigenvalue weighted by atomic mass is 10.2. The molecule has 106 valence electrons. The van der Waals surface area contributed by atoms with Crippen LogP contribution in [0.5, 0.6) is 0 Å². The van der Waals surface area contributed by atoms with Gasteiger partial charge in [-0.05, 0) is 29.8 Å². The normalized spacial score (nSPS) is 11.8. The zero-order valence-corrected chi connectivity index (χ0v) is 13.6. The molecule has 0 aliphatic carbocycles. The molecule has 0 aromatic heterocycles. The van der Waals surface area contributed by atoms with Crippen LogP contribution in [0.3, 0.4) is 0 Å². The molecule has 0 heterocycles. The second-order valence-corrected chi connectivity index (χ2v) is 7.22. The highest BCUT2D eigenvalue weighted by Crippen LogP contribution is 2.20. The van der Waals surface area contributed by atoms with E-state index in [1.54, 1.807) is 24.3 Å². The molecule has 0 aliphatic heterocycles. The molecule has 0 atom stereocenters. The Kier molecular flexibility index (Phi) is 4.96. The minimum absolute atomic E-state index is 0.318. The highest BCUT2D eigenvalue weighted by Gasteiger charge is 2.22. The van der Waals surface area contributed by atoms with Crippen LogP contribution >= 0.6 is 15.9 Å². The van der Waals surface area contributed by atoms with E-state index in [9.17, 15) is 8.42 Å². The Morgan fingerprint density at radius 1 is 1.00 bits per heavy atom. The summed E-state index contributed by atoms with van der Waals surface area (Å²) in [6.45, 7) is 2.67. The van der Waals surface area contributed by atoms with Gasteiger partial charge in [-0.25, -0.2) is 8.42 Å². The molecule has 2 rings (SSSR count). The zero-order valence-electron chi connectivity index (χ0n) is 11.2. The number of hydrogen-bond acceptors (Lipinski definition) is 2. The van der Waals surface area contributed by atoms with Crippen LogP contribution in [-0.2, 0) is 16.6 Å². The minimum Gasteiger partial charge on any atom is -0.207 e. The number of sulfonamides is 1. The average Bonchev–Trinajstić information content (AvgIpc) is 2.46. The number of benzene rings is 2. The fourth-order valence-electron chi connectivity index (χ4n) is 1.91. The predicted molar refractivity (Wildman–Crippen MR) is 83.9 cm³/mol. The van der Waals surface area contributed by atoms with Gasteiger partial charge in [0, 0.05) is 17.6 Å². The molecule has 0 saturated heterocycles. The summed E-state index contributed by atoms with van der Waals surface area (Å²) in [4.78, 5) is 0.318. The third-order valence-corrected chi connectivity index (χ3v) is 5.47. The Labute approximate surface area is 128 Å². The topological polar surface area (TPSA) is 37.4 Å². The summed E-state index contributed by atoms with van der Waals surface area (Å²) in [6.07, 6.45) is 0. The van der Waals surface area contributed by atoms with Crippen molar-refractivity contribution in [3.8, 4) is 0 Å². The molecule has 3 nitrogen and oxygen atoms in total. The van der Waals surface area contributed by atoms with Gasteiger partial charge in [-0.3, -0.25) is 0 Å². The molecule has 0 N–H and O–H groups in total. The monoisotopic (exact) mass is 353 g/mol. The number of halogens is 1. The molecule has 2 aromatic rings. The van der Waals surface area contributed by atoms with E-state index in [0.29, 0.717) is 18.0 Å². The van der Waals surface area contributed by atoms with Gasteiger partial charge in [-0.2, -0.15) is 4.31 Å². The highest BCUT2D eigenvalue weighted by molar-refractivity contribution is 9.10. The summed E-state index contributed by atoms with van der Waals surface area (Å²) < 4.78 is 27.5. The predicted octanol–water partition coefficient (Wildman–Crippen LogP) is 3.66. The van der Waals surface area contributed by atoms with Crippen LogP contribution in [-0.4, -0.2) is 19.3 Å². The lowest BCUT2D eigenvalue weighted by Crippen LogP contribution is -2.30. The molecule has 0 aliphatic rings. The maximum absolute atomic E-state index is 12.6. The van der Waals surface area contributed by atoms with Crippen molar-refractivity contribution in [2.75, 3.05) is 6.54 Å². The van der Waals surface area contributed by atoms with Crippen LogP contribution in [0.25, 0.3) is 0 Å². The Morgan fingerprint density at radius 3 is 2.15 bits per heavy atom. The third kappa shape index (κ3) is 3.48. The summed E-state index contributed by atoms with van der Waals surface area (Å²) >= 11 is 3.31. The van der Waals surface area contributed by atoms with Crippen LogP contribution in [0.2, 0.25) is 0 Å². The van der Waals surface area contributed by atoms with E-state index >= 15 is 0 Å². The van der Waals surface area contributed by atoms with Gasteiger partial charge in [0.2, 0.25) is 10.0 Å². The van der Waals surface area contributed by atoms with E-state index in [4.69, 9.17) is 0 Å². The first-order valence-electron chi connectivity index (χ1n) is 6.33. The van der Waals surface area contributed by atoms with Crippen LogP contribution in [0.4, 0.5) is 0 Å². The van der Waals surface area contributed by atoms with E-state index in [2.05, 4.69) is 15.9 Å². The van der Waals surface area contributed by atoms with Crippen molar-refractivity contribution in [2.45, 2.75) is 18.4 Å². The summed E-state index contributed by atoms with van der Waals surface area (Å²) in [5, 5.41) is 0. The van der Waals surface area contributed by atoms with Crippen LogP contribution in [0.15, 0.2) is 64.0 Å². The van der Waals surface area contributed by atoms with Gasteiger partial charge in [0.15, 0.2) is 0 Å². The quantitative estimate of drug-likeness (QED) is 0.822. The molecule has 2 aromatic carbocycles. The lowest BCUT2D eigenvalue weighted by Gasteiger charge is -2.20. The van der Waals surface area contributed by atoms with Crippen molar-refractivity contribution in [3.63, 3.8) is 0 Å². The van der Waals surface area contributed by atoms with Gasteiger partial charge in [-0.15, -0.1) is 0 Å². The standard InChI is InChI=1S/C15H16BrNO2S/c1-2-17(12-13-6-4-3-5-7-13)20(18,19)15-10-8-14(16)9-11-15/h3-11H,2,12H2,1H3. The molecular formula is C15H16BrNO2S. The fraction of sp³-hybridized carbons (Fsp3) is 0.200. The first-order valence-corrected chi connectivity index (χ1v) is 8.57. The Hall–Kier alpha value is -1.17. The van der Waals surface area contributed by atoms with Gasteiger partial charge in [0.25, 0.3) is 0 Å². The molecule has 0 unspecified atom stereocenters. The van der Waals surface area contributed by atoms with Crippen molar-refractivity contribution < 1.29 is 8.42 Å². The van der Waals surface area contributed by atoms with Gasteiger partial charge < -0.3 is 0 Å². The van der Waals surface area contributed by atoms with Crippen molar-refractivity contribution in [2.24, 2.45) is 0 Å². The van der Waals surface area contributed by atoms with Crippen molar-refractivity contribution in [1.82, 2.24) is 4.31 Å². The second kappa shape index (κ2) is 6.52. The summed E-state index contributed by atoms with van der Waals surface area (Å²) in [7, 11) is -3.45. The van der Waals surface area contributed by atoms with Gasteiger partial charge >= 0.3 is 0 Å². The van der Waals surface area contributed by atoms with Gasteiger partial charge in [-0.1, -0.05) is 53.2 Å². The zero-order chi connectivity index (χ0) is 14.6. The molecule has 20 heavy (non-hydrogen) atoms.